The molecule has 0 saturated carbocycles. The van der Waals surface area contributed by atoms with E-state index in [9.17, 15) is 20.1 Å². The van der Waals surface area contributed by atoms with Gasteiger partial charge in [0.2, 0.25) is 0 Å². The SMILES string of the molecule is Cc1ccc(O)c(C(=O)Cc2cc(O)ccc2O)c1. The van der Waals surface area contributed by atoms with Gasteiger partial charge in [-0.25, -0.2) is 0 Å². The third kappa shape index (κ3) is 2.85. The molecule has 0 atom stereocenters. The summed E-state index contributed by atoms with van der Waals surface area (Å²) in [6.07, 6.45) is -0.0861. The Kier molecular flexibility index (Phi) is 3.42. The summed E-state index contributed by atoms with van der Waals surface area (Å²) in [6.45, 7) is 1.82. The van der Waals surface area contributed by atoms with Gasteiger partial charge in [0.25, 0.3) is 0 Å². The molecule has 0 aliphatic rings. The Morgan fingerprint density at radius 3 is 2.42 bits per heavy atom. The maximum absolute atomic E-state index is 12.1. The van der Waals surface area contributed by atoms with E-state index in [2.05, 4.69) is 0 Å². The second-order valence-corrected chi connectivity index (χ2v) is 4.43. The molecule has 2 aromatic rings. The van der Waals surface area contributed by atoms with E-state index in [1.54, 1.807) is 12.1 Å². The van der Waals surface area contributed by atoms with Gasteiger partial charge in [-0.15, -0.1) is 0 Å². The van der Waals surface area contributed by atoms with Crippen molar-refractivity contribution in [1.29, 1.82) is 0 Å². The molecule has 0 heterocycles. The van der Waals surface area contributed by atoms with Gasteiger partial charge in [-0.2, -0.15) is 0 Å². The van der Waals surface area contributed by atoms with Crippen LogP contribution in [-0.4, -0.2) is 21.1 Å². The molecule has 0 aliphatic heterocycles. The summed E-state index contributed by atoms with van der Waals surface area (Å²) in [4.78, 5) is 12.1. The molecule has 0 amide bonds. The number of phenolic OH excluding ortho intramolecular Hbond substituents is 3. The van der Waals surface area contributed by atoms with Crippen molar-refractivity contribution in [2.75, 3.05) is 0 Å². The lowest BCUT2D eigenvalue weighted by Crippen LogP contribution is -2.04. The lowest BCUT2D eigenvalue weighted by molar-refractivity contribution is 0.0989. The van der Waals surface area contributed by atoms with Crippen LogP contribution in [0.15, 0.2) is 36.4 Å². The lowest BCUT2D eigenvalue weighted by atomic mass is 10.00. The van der Waals surface area contributed by atoms with Crippen LogP contribution in [0.2, 0.25) is 0 Å². The second-order valence-electron chi connectivity index (χ2n) is 4.43. The smallest absolute Gasteiger partial charge is 0.171 e. The minimum atomic E-state index is -0.317. The number of benzene rings is 2. The molecular weight excluding hydrogens is 244 g/mol. The molecule has 4 heteroatoms. The Labute approximate surface area is 110 Å². The number of carbonyl (C=O) groups is 1. The summed E-state index contributed by atoms with van der Waals surface area (Å²) in [6, 6.07) is 8.77. The summed E-state index contributed by atoms with van der Waals surface area (Å²) >= 11 is 0. The molecule has 0 bridgehead atoms. The third-order valence-corrected chi connectivity index (χ3v) is 2.87. The van der Waals surface area contributed by atoms with Gasteiger partial charge < -0.3 is 15.3 Å². The fraction of sp³-hybridized carbons (Fsp3) is 0.133. The highest BCUT2D eigenvalue weighted by Gasteiger charge is 2.14. The molecule has 0 spiro atoms. The molecule has 0 aliphatic carbocycles. The zero-order valence-corrected chi connectivity index (χ0v) is 10.4. The molecule has 2 rings (SSSR count). The number of rotatable bonds is 3. The summed E-state index contributed by atoms with van der Waals surface area (Å²) in [5.41, 5.74) is 1.40. The number of aromatic hydroxyl groups is 3. The minimum Gasteiger partial charge on any atom is -0.508 e. The van der Waals surface area contributed by atoms with Crippen molar-refractivity contribution in [1.82, 2.24) is 0 Å². The van der Waals surface area contributed by atoms with E-state index in [1.165, 1.54) is 24.3 Å². The molecule has 0 aromatic heterocycles. The van der Waals surface area contributed by atoms with E-state index in [4.69, 9.17) is 0 Å². The Balaban J connectivity index is 2.30. The van der Waals surface area contributed by atoms with Crippen LogP contribution in [0.25, 0.3) is 0 Å². The summed E-state index contributed by atoms with van der Waals surface area (Å²) < 4.78 is 0. The van der Waals surface area contributed by atoms with Crippen molar-refractivity contribution in [2.45, 2.75) is 13.3 Å². The van der Waals surface area contributed by atoms with Crippen molar-refractivity contribution in [3.8, 4) is 17.2 Å². The first-order valence-corrected chi connectivity index (χ1v) is 5.81. The Morgan fingerprint density at radius 1 is 1.00 bits per heavy atom. The third-order valence-electron chi connectivity index (χ3n) is 2.87. The van der Waals surface area contributed by atoms with Gasteiger partial charge in [-0.05, 0) is 37.3 Å². The van der Waals surface area contributed by atoms with Gasteiger partial charge in [-0.1, -0.05) is 11.6 Å². The van der Waals surface area contributed by atoms with E-state index < -0.39 is 0 Å². The first-order chi connectivity index (χ1) is 8.97. The summed E-state index contributed by atoms with van der Waals surface area (Å²) in [5, 5.41) is 28.7. The highest BCUT2D eigenvalue weighted by Crippen LogP contribution is 2.26. The molecular formula is C15H14O4. The first kappa shape index (κ1) is 13.0. The van der Waals surface area contributed by atoms with Crippen LogP contribution in [0.5, 0.6) is 17.2 Å². The summed E-state index contributed by atoms with van der Waals surface area (Å²) in [5.74, 6) is -0.482. The number of carbonyl (C=O) groups excluding carboxylic acids is 1. The van der Waals surface area contributed by atoms with Gasteiger partial charge in [0.15, 0.2) is 5.78 Å². The van der Waals surface area contributed by atoms with Gasteiger partial charge in [0.1, 0.15) is 17.2 Å². The predicted molar refractivity (Wildman–Crippen MR) is 70.6 cm³/mol. The average Bonchev–Trinajstić information content (AvgIpc) is 2.36. The molecule has 0 fully saturated rings. The molecule has 19 heavy (non-hydrogen) atoms. The van der Waals surface area contributed by atoms with Crippen LogP contribution in [0.1, 0.15) is 21.5 Å². The van der Waals surface area contributed by atoms with Gasteiger partial charge >= 0.3 is 0 Å². The van der Waals surface area contributed by atoms with Crippen LogP contribution in [-0.2, 0) is 6.42 Å². The Morgan fingerprint density at radius 2 is 1.68 bits per heavy atom. The maximum Gasteiger partial charge on any atom is 0.171 e. The first-order valence-electron chi connectivity index (χ1n) is 5.81. The second kappa shape index (κ2) is 5.02. The Bertz CT molecular complexity index is 632. The molecule has 2 aromatic carbocycles. The Hall–Kier alpha value is -2.49. The molecule has 3 N–H and O–H groups in total. The maximum atomic E-state index is 12.1. The van der Waals surface area contributed by atoms with Crippen LogP contribution in [0.3, 0.4) is 0 Å². The fourth-order valence-corrected chi connectivity index (χ4v) is 1.85. The lowest BCUT2D eigenvalue weighted by Gasteiger charge is -2.07. The van der Waals surface area contributed by atoms with E-state index in [-0.39, 0.29) is 35.0 Å². The quantitative estimate of drug-likeness (QED) is 0.584. The van der Waals surface area contributed by atoms with Crippen LogP contribution in [0, 0.1) is 6.92 Å². The molecule has 0 unspecified atom stereocenters. The van der Waals surface area contributed by atoms with Crippen molar-refractivity contribution >= 4 is 5.78 Å². The van der Waals surface area contributed by atoms with Crippen LogP contribution >= 0.6 is 0 Å². The molecule has 0 radical (unpaired) electrons. The zero-order valence-electron chi connectivity index (χ0n) is 10.4. The van der Waals surface area contributed by atoms with Crippen LogP contribution < -0.4 is 0 Å². The average molecular weight is 258 g/mol. The number of phenols is 3. The number of Topliss-reactive ketones (excluding diaryl/α,β-unsaturated/α-hetero) is 1. The predicted octanol–water partition coefficient (Wildman–Crippen LogP) is 2.54. The number of aryl methyl sites for hydroxylation is 1. The van der Waals surface area contributed by atoms with Crippen LogP contribution in [0.4, 0.5) is 0 Å². The molecule has 4 nitrogen and oxygen atoms in total. The highest BCUT2D eigenvalue weighted by atomic mass is 16.3. The zero-order chi connectivity index (χ0) is 14.0. The van der Waals surface area contributed by atoms with E-state index >= 15 is 0 Å². The van der Waals surface area contributed by atoms with E-state index in [1.807, 2.05) is 6.92 Å². The molecule has 98 valence electrons. The van der Waals surface area contributed by atoms with Gasteiger partial charge in [0.05, 0.1) is 5.56 Å². The van der Waals surface area contributed by atoms with Gasteiger partial charge in [-0.3, -0.25) is 4.79 Å². The number of hydrogen-bond acceptors (Lipinski definition) is 4. The normalized spacial score (nSPS) is 10.4. The van der Waals surface area contributed by atoms with Crippen molar-refractivity contribution in [2.24, 2.45) is 0 Å². The minimum absolute atomic E-state index is 0.0194. The number of ketones is 1. The fourth-order valence-electron chi connectivity index (χ4n) is 1.85. The van der Waals surface area contributed by atoms with Crippen molar-refractivity contribution < 1.29 is 20.1 Å². The number of hydrogen-bond donors (Lipinski definition) is 3. The van der Waals surface area contributed by atoms with E-state index in [0.29, 0.717) is 5.56 Å². The monoisotopic (exact) mass is 258 g/mol. The summed E-state index contributed by atoms with van der Waals surface area (Å²) in [7, 11) is 0. The standard InChI is InChI=1S/C15H14O4/c1-9-2-4-14(18)12(6-9)15(19)8-10-7-11(16)3-5-13(10)17/h2-7,16-18H,8H2,1H3. The van der Waals surface area contributed by atoms with E-state index in [0.717, 1.165) is 5.56 Å². The molecule has 0 saturated heterocycles. The largest absolute Gasteiger partial charge is 0.508 e. The highest BCUT2D eigenvalue weighted by molar-refractivity contribution is 6.00. The topological polar surface area (TPSA) is 77.8 Å². The van der Waals surface area contributed by atoms with Crippen molar-refractivity contribution in [3.63, 3.8) is 0 Å². The van der Waals surface area contributed by atoms with Gasteiger partial charge in [0, 0.05) is 12.0 Å². The van der Waals surface area contributed by atoms with Crippen molar-refractivity contribution in [3.05, 3.63) is 53.1 Å².